The number of nitrogens with zero attached hydrogens (tertiary/aromatic N) is 1. The van der Waals surface area contributed by atoms with E-state index in [1.165, 1.54) is 0 Å². The third kappa shape index (κ3) is 265. The first-order valence-electron chi connectivity index (χ1n) is 1.29. The van der Waals surface area contributed by atoms with E-state index in [4.69, 9.17) is 20.0 Å². The summed E-state index contributed by atoms with van der Waals surface area (Å²) in [6.45, 7) is 1.08. The van der Waals surface area contributed by atoms with Crippen molar-refractivity contribution in [1.29, 1.82) is 0 Å². The molecule has 0 aliphatic rings. The van der Waals surface area contributed by atoms with Crippen LogP contribution in [0.15, 0.2) is 5.34 Å². The molecule has 0 aliphatic carbocycles. The molecule has 0 spiro atoms. The van der Waals surface area contributed by atoms with E-state index >= 15 is 0 Å². The van der Waals surface area contributed by atoms with Crippen LogP contribution < -0.4 is 0 Å². The molecule has 51 valence electrons. The molecule has 1 N–H and O–H groups in total. The molecule has 0 heterocycles. The third-order valence-corrected chi connectivity index (χ3v) is 0. The van der Waals surface area contributed by atoms with Gasteiger partial charge in [-0.05, 0) is 0 Å². The minimum absolute atomic E-state index is 0. The second-order valence-corrected chi connectivity index (χ2v) is 0.594. The topological polar surface area (TPSA) is 89.8 Å². The molecule has 0 amide bonds. The van der Waals surface area contributed by atoms with Gasteiger partial charge < -0.3 is 15.2 Å². The van der Waals surface area contributed by atoms with Gasteiger partial charge in [-0.2, -0.15) is 0 Å². The monoisotopic (exact) mass is 165 g/mol. The van der Waals surface area contributed by atoms with Crippen molar-refractivity contribution in [2.75, 3.05) is 0 Å². The first kappa shape index (κ1) is 15.7. The van der Waals surface area contributed by atoms with Crippen LogP contribution in [0.25, 0.3) is 0 Å². The van der Waals surface area contributed by atoms with Gasteiger partial charge in [-0.25, -0.2) is 0 Å². The van der Waals surface area contributed by atoms with Gasteiger partial charge >= 0.3 is 0 Å². The van der Waals surface area contributed by atoms with E-state index in [9.17, 15) is 0 Å². The second-order valence-electron chi connectivity index (χ2n) is 0.594. The molecule has 0 unspecified atom stereocenters. The van der Waals surface area contributed by atoms with Crippen molar-refractivity contribution in [3.8, 4) is 0 Å². The number of aliphatic carboxylic acids is 1. The smallest absolute Gasteiger partial charge is 0.300 e. The molecule has 0 aromatic carbocycles. The predicted octanol–water partition coefficient (Wildman–Crippen LogP) is 0.339. The molecule has 5 nitrogen and oxygen atoms in total. The number of carboxylic acid groups (broad SMARTS) is 1. The molecule has 0 bridgehead atoms. The van der Waals surface area contributed by atoms with Gasteiger partial charge in [-0.3, -0.25) is 4.79 Å². The molecule has 1 radical (unpaired) electrons. The van der Waals surface area contributed by atoms with Crippen molar-refractivity contribution in [2.24, 2.45) is 5.34 Å². The maximum absolute atomic E-state index is 9.00. The number of carbonyl (C=O) groups is 1. The Labute approximate surface area is 55.8 Å². The molecule has 0 rings (SSSR count). The maximum atomic E-state index is 9.00. The zero-order chi connectivity index (χ0) is 6.28. The minimum atomic E-state index is -0.833. The summed E-state index contributed by atoms with van der Waals surface area (Å²) >= 11 is 0. The van der Waals surface area contributed by atoms with Crippen LogP contribution in [0.1, 0.15) is 6.92 Å². The average Bonchev–Trinajstić information content (AvgIpc) is 1.33. The standard InChI is InChI=1S/C2H4O2.Co.HNO2/c1-2(3)4;;2-1-3/h1H3,(H,3,4);;(H,2,3)/p-1. The fourth-order valence-electron chi connectivity index (χ4n) is 0. The fraction of sp³-hybridized carbons (Fsp3) is 0.500. The summed E-state index contributed by atoms with van der Waals surface area (Å²) in [5, 5.41) is 16.4. The quantitative estimate of drug-likeness (QED) is 0.413. The van der Waals surface area contributed by atoms with Crippen LogP contribution in [0, 0.1) is 10.1 Å². The van der Waals surface area contributed by atoms with Crippen molar-refractivity contribution in [3.63, 3.8) is 0 Å². The zero-order valence-electron chi connectivity index (χ0n) is 3.95. The molecule has 0 aromatic heterocycles. The van der Waals surface area contributed by atoms with E-state index in [-0.39, 0.29) is 16.8 Å². The van der Waals surface area contributed by atoms with Gasteiger partial charge in [0.25, 0.3) is 5.97 Å². The largest absolute Gasteiger partial charge is 0.481 e. The molecule has 0 saturated carbocycles. The summed E-state index contributed by atoms with van der Waals surface area (Å²) < 4.78 is 0. The SMILES string of the molecule is CC(=O)O.O=N[O-].[Co]. The molecule has 0 atom stereocenters. The van der Waals surface area contributed by atoms with Crippen LogP contribution in [-0.2, 0) is 21.6 Å². The van der Waals surface area contributed by atoms with Crippen molar-refractivity contribution in [1.82, 2.24) is 0 Å². The van der Waals surface area contributed by atoms with E-state index in [2.05, 4.69) is 0 Å². The molecule has 8 heavy (non-hydrogen) atoms. The molecule has 0 fully saturated rings. The number of carboxylic acids is 1. The molecular formula is C2H4CoNO4-. The average molecular weight is 165 g/mol. The van der Waals surface area contributed by atoms with E-state index in [1.54, 1.807) is 0 Å². The van der Waals surface area contributed by atoms with Crippen LogP contribution in [0.2, 0.25) is 0 Å². The third-order valence-electron chi connectivity index (χ3n) is 0. The van der Waals surface area contributed by atoms with Crippen molar-refractivity contribution >= 4 is 5.97 Å². The minimum Gasteiger partial charge on any atom is -0.481 e. The second kappa shape index (κ2) is 16.2. The Balaban J connectivity index is -0.0000000575. The van der Waals surface area contributed by atoms with Crippen LogP contribution in [0.3, 0.4) is 0 Å². The van der Waals surface area contributed by atoms with Crippen molar-refractivity contribution in [2.45, 2.75) is 6.92 Å². The van der Waals surface area contributed by atoms with Crippen LogP contribution in [-0.4, -0.2) is 11.1 Å². The Morgan fingerprint density at radius 1 is 1.75 bits per heavy atom. The fourth-order valence-corrected chi connectivity index (χ4v) is 0. The van der Waals surface area contributed by atoms with Crippen LogP contribution >= 0.6 is 0 Å². The number of rotatable bonds is 0. The Bertz CT molecular complexity index is 61.1. The van der Waals surface area contributed by atoms with E-state index in [0.29, 0.717) is 0 Å². The summed E-state index contributed by atoms with van der Waals surface area (Å²) in [5.41, 5.74) is 0. The molecular weight excluding hydrogens is 161 g/mol. The molecule has 0 aromatic rings. The van der Waals surface area contributed by atoms with Crippen molar-refractivity contribution < 1.29 is 26.7 Å². The Morgan fingerprint density at radius 2 is 1.75 bits per heavy atom. The molecule has 0 saturated heterocycles. The summed E-state index contributed by atoms with van der Waals surface area (Å²) in [6.07, 6.45) is 0. The molecule has 6 heteroatoms. The van der Waals surface area contributed by atoms with Gasteiger partial charge in [-0.15, -0.1) is 5.34 Å². The Hall–Kier alpha value is -0.624. The van der Waals surface area contributed by atoms with Gasteiger partial charge in [0.15, 0.2) is 0 Å². The van der Waals surface area contributed by atoms with Gasteiger partial charge in [0, 0.05) is 23.7 Å². The summed E-state index contributed by atoms with van der Waals surface area (Å²) in [4.78, 5) is 17.0. The summed E-state index contributed by atoms with van der Waals surface area (Å²) in [6, 6.07) is 0. The number of hydrogen-bond acceptors (Lipinski definition) is 4. The van der Waals surface area contributed by atoms with Gasteiger partial charge in [-0.1, -0.05) is 0 Å². The summed E-state index contributed by atoms with van der Waals surface area (Å²) in [5.74, 6) is -0.833. The Kier molecular flexibility index (Phi) is 31.6. The maximum Gasteiger partial charge on any atom is 0.300 e. The number of hydrogen-bond donors (Lipinski definition) is 1. The van der Waals surface area contributed by atoms with E-state index in [0.717, 1.165) is 12.3 Å². The molecule has 0 aliphatic heterocycles. The Morgan fingerprint density at radius 3 is 1.75 bits per heavy atom. The van der Waals surface area contributed by atoms with Gasteiger partial charge in [0.2, 0.25) is 0 Å². The first-order valence-corrected chi connectivity index (χ1v) is 1.29. The first-order chi connectivity index (χ1) is 3.15. The zero-order valence-corrected chi connectivity index (χ0v) is 4.99. The van der Waals surface area contributed by atoms with Gasteiger partial charge in [0.1, 0.15) is 0 Å². The van der Waals surface area contributed by atoms with Gasteiger partial charge in [0.05, 0.1) is 0 Å². The van der Waals surface area contributed by atoms with E-state index < -0.39 is 5.97 Å². The summed E-state index contributed by atoms with van der Waals surface area (Å²) in [7, 11) is 0. The van der Waals surface area contributed by atoms with Crippen LogP contribution in [0.4, 0.5) is 0 Å². The van der Waals surface area contributed by atoms with E-state index in [1.807, 2.05) is 0 Å². The predicted molar refractivity (Wildman–Crippen MR) is 22.5 cm³/mol. The van der Waals surface area contributed by atoms with Crippen molar-refractivity contribution in [3.05, 3.63) is 10.1 Å². The van der Waals surface area contributed by atoms with Crippen LogP contribution in [0.5, 0.6) is 0 Å². The normalized spacial score (nSPS) is 4.62.